The first-order valence-electron chi connectivity index (χ1n) is 4.15. The molecule has 5 heteroatoms. The van der Waals surface area contributed by atoms with Gasteiger partial charge < -0.3 is 10.6 Å². The van der Waals surface area contributed by atoms with Gasteiger partial charge in [-0.25, -0.2) is 0 Å². The number of hydrogen-bond donors (Lipinski definition) is 2. The molecule has 0 aromatic heterocycles. The van der Waals surface area contributed by atoms with Crippen molar-refractivity contribution in [3.05, 3.63) is 0 Å². The fourth-order valence-electron chi connectivity index (χ4n) is 0.659. The number of unbranched alkanes of at least 4 members (excludes halogenated alkanes) is 1. The first-order valence-corrected chi connectivity index (χ1v) is 4.15. The Kier molecular flexibility index (Phi) is 6.24. The molecule has 0 rings (SSSR count). The number of carbonyl (C=O) groups excluding carboxylic acids is 2. The number of nitrogens with zero attached hydrogens (tertiary/aromatic N) is 1. The molecule has 0 aliphatic heterocycles. The molecule has 72 valence electrons. The average molecular weight is 183 g/mol. The molecule has 0 saturated heterocycles. The highest BCUT2D eigenvalue weighted by Gasteiger charge is 2.10. The molecular formula is C8H13N3O2. The Hall–Kier alpha value is -1.57. The van der Waals surface area contributed by atoms with Gasteiger partial charge in [-0.15, -0.1) is 0 Å². The highest BCUT2D eigenvalue weighted by Crippen LogP contribution is 1.82. The lowest BCUT2D eigenvalue weighted by Crippen LogP contribution is -2.40. The van der Waals surface area contributed by atoms with Crippen molar-refractivity contribution >= 4 is 11.8 Å². The van der Waals surface area contributed by atoms with Crippen LogP contribution in [0.15, 0.2) is 0 Å². The van der Waals surface area contributed by atoms with Gasteiger partial charge in [0.2, 0.25) is 0 Å². The summed E-state index contributed by atoms with van der Waals surface area (Å²) in [5.41, 5.74) is 0. The maximum atomic E-state index is 10.9. The van der Waals surface area contributed by atoms with Crippen molar-refractivity contribution in [2.75, 3.05) is 13.1 Å². The zero-order chi connectivity index (χ0) is 10.1. The van der Waals surface area contributed by atoms with Gasteiger partial charge in [0.05, 0.1) is 6.07 Å². The molecule has 0 atom stereocenters. The van der Waals surface area contributed by atoms with Gasteiger partial charge in [-0.05, 0) is 6.42 Å². The van der Waals surface area contributed by atoms with E-state index in [1.807, 2.05) is 6.92 Å². The minimum absolute atomic E-state index is 0.139. The van der Waals surface area contributed by atoms with E-state index in [2.05, 4.69) is 10.6 Å². The van der Waals surface area contributed by atoms with Crippen LogP contribution in [0, 0.1) is 11.3 Å². The van der Waals surface area contributed by atoms with Crippen LogP contribution in [0.3, 0.4) is 0 Å². The van der Waals surface area contributed by atoms with E-state index in [4.69, 9.17) is 5.26 Å². The van der Waals surface area contributed by atoms with Gasteiger partial charge in [0.1, 0.15) is 6.54 Å². The summed E-state index contributed by atoms with van der Waals surface area (Å²) < 4.78 is 0. The molecule has 0 aliphatic carbocycles. The molecule has 13 heavy (non-hydrogen) atoms. The van der Waals surface area contributed by atoms with Gasteiger partial charge in [-0.2, -0.15) is 5.26 Å². The van der Waals surface area contributed by atoms with E-state index < -0.39 is 11.8 Å². The van der Waals surface area contributed by atoms with Crippen molar-refractivity contribution in [3.8, 4) is 6.07 Å². The smallest absolute Gasteiger partial charge is 0.310 e. The lowest BCUT2D eigenvalue weighted by molar-refractivity contribution is -0.139. The lowest BCUT2D eigenvalue weighted by atomic mass is 10.3. The molecule has 0 bridgehead atoms. The molecule has 5 nitrogen and oxygen atoms in total. The first-order chi connectivity index (χ1) is 6.22. The average Bonchev–Trinajstić information content (AvgIpc) is 2.14. The number of hydrogen-bond acceptors (Lipinski definition) is 3. The van der Waals surface area contributed by atoms with Crippen LogP contribution in [0.1, 0.15) is 19.8 Å². The maximum absolute atomic E-state index is 10.9. The van der Waals surface area contributed by atoms with E-state index in [1.165, 1.54) is 0 Å². The van der Waals surface area contributed by atoms with E-state index in [0.717, 1.165) is 12.8 Å². The van der Waals surface area contributed by atoms with Gasteiger partial charge in [0, 0.05) is 6.54 Å². The molecule has 0 aliphatic rings. The lowest BCUT2D eigenvalue weighted by Gasteiger charge is -2.02. The number of carbonyl (C=O) groups is 2. The summed E-state index contributed by atoms with van der Waals surface area (Å²) in [7, 11) is 0. The van der Waals surface area contributed by atoms with Crippen molar-refractivity contribution < 1.29 is 9.59 Å². The van der Waals surface area contributed by atoms with Gasteiger partial charge in [0.15, 0.2) is 0 Å². The fourth-order valence-corrected chi connectivity index (χ4v) is 0.659. The highest BCUT2D eigenvalue weighted by atomic mass is 16.2. The molecular weight excluding hydrogens is 170 g/mol. The summed E-state index contributed by atoms with van der Waals surface area (Å²) in [4.78, 5) is 21.7. The van der Waals surface area contributed by atoms with Crippen molar-refractivity contribution in [3.63, 3.8) is 0 Å². The standard InChI is InChI=1S/C8H13N3O2/c1-2-3-5-10-7(12)8(13)11-6-4-9/h2-3,5-6H2,1H3,(H,10,12)(H,11,13). The Morgan fingerprint density at radius 1 is 1.31 bits per heavy atom. The summed E-state index contributed by atoms with van der Waals surface area (Å²) in [5.74, 6) is -1.43. The molecule has 0 aromatic carbocycles. The molecule has 0 spiro atoms. The molecule has 2 N–H and O–H groups in total. The van der Waals surface area contributed by atoms with Crippen LogP contribution in [0.4, 0.5) is 0 Å². The monoisotopic (exact) mass is 183 g/mol. The number of nitrogens with one attached hydrogen (secondary N) is 2. The van der Waals surface area contributed by atoms with Crippen LogP contribution in [-0.2, 0) is 9.59 Å². The second kappa shape index (κ2) is 7.10. The molecule has 0 aromatic rings. The minimum atomic E-state index is -0.752. The predicted molar refractivity (Wildman–Crippen MR) is 46.5 cm³/mol. The molecule has 0 saturated carbocycles. The molecule has 0 fully saturated rings. The van der Waals surface area contributed by atoms with Gasteiger partial charge in [-0.3, -0.25) is 9.59 Å². The van der Waals surface area contributed by atoms with Crippen molar-refractivity contribution in [1.82, 2.24) is 10.6 Å². The maximum Gasteiger partial charge on any atom is 0.310 e. The van der Waals surface area contributed by atoms with Gasteiger partial charge >= 0.3 is 11.8 Å². The van der Waals surface area contributed by atoms with Crippen LogP contribution < -0.4 is 10.6 Å². The molecule has 2 amide bonds. The first kappa shape index (κ1) is 11.4. The Labute approximate surface area is 77.1 Å². The fraction of sp³-hybridized carbons (Fsp3) is 0.625. The summed E-state index contributed by atoms with van der Waals surface area (Å²) >= 11 is 0. The minimum Gasteiger partial charge on any atom is -0.348 e. The largest absolute Gasteiger partial charge is 0.348 e. The zero-order valence-electron chi connectivity index (χ0n) is 7.59. The topological polar surface area (TPSA) is 82.0 Å². The van der Waals surface area contributed by atoms with Crippen LogP contribution in [0.5, 0.6) is 0 Å². The van der Waals surface area contributed by atoms with E-state index in [0.29, 0.717) is 6.54 Å². The SMILES string of the molecule is CCCCNC(=O)C(=O)NCC#N. The molecule has 0 unspecified atom stereocenters. The third-order valence-corrected chi connectivity index (χ3v) is 1.35. The summed E-state index contributed by atoms with van der Waals surface area (Å²) in [6.45, 7) is 2.34. The Morgan fingerprint density at radius 3 is 2.46 bits per heavy atom. The van der Waals surface area contributed by atoms with Crippen LogP contribution in [0.25, 0.3) is 0 Å². The van der Waals surface area contributed by atoms with Gasteiger partial charge in [-0.1, -0.05) is 13.3 Å². The predicted octanol–water partition coefficient (Wildman–Crippen LogP) is -0.458. The third-order valence-electron chi connectivity index (χ3n) is 1.35. The van der Waals surface area contributed by atoms with E-state index in [1.54, 1.807) is 6.07 Å². The second-order valence-corrected chi connectivity index (χ2v) is 2.45. The number of nitriles is 1. The van der Waals surface area contributed by atoms with Crippen LogP contribution >= 0.6 is 0 Å². The van der Waals surface area contributed by atoms with Crippen LogP contribution in [-0.4, -0.2) is 24.9 Å². The summed E-state index contributed by atoms with van der Waals surface area (Å²) in [6, 6.07) is 1.71. The van der Waals surface area contributed by atoms with Crippen molar-refractivity contribution in [1.29, 1.82) is 5.26 Å². The highest BCUT2D eigenvalue weighted by molar-refractivity contribution is 6.35. The van der Waals surface area contributed by atoms with E-state index >= 15 is 0 Å². The third kappa shape index (κ3) is 5.67. The molecule has 0 heterocycles. The summed E-state index contributed by atoms with van der Waals surface area (Å²) in [5, 5.41) is 12.7. The Bertz CT molecular complexity index is 220. The summed E-state index contributed by atoms with van der Waals surface area (Å²) in [6.07, 6.45) is 1.80. The number of rotatable bonds is 4. The Balaban J connectivity index is 3.59. The van der Waals surface area contributed by atoms with E-state index in [-0.39, 0.29) is 6.54 Å². The Morgan fingerprint density at radius 2 is 1.92 bits per heavy atom. The normalized spacial score (nSPS) is 8.62. The zero-order valence-corrected chi connectivity index (χ0v) is 7.59. The van der Waals surface area contributed by atoms with Crippen molar-refractivity contribution in [2.24, 2.45) is 0 Å². The number of amides is 2. The second-order valence-electron chi connectivity index (χ2n) is 2.45. The van der Waals surface area contributed by atoms with Crippen molar-refractivity contribution in [2.45, 2.75) is 19.8 Å². The quantitative estimate of drug-likeness (QED) is 0.351. The van der Waals surface area contributed by atoms with Crippen LogP contribution in [0.2, 0.25) is 0 Å². The molecule has 0 radical (unpaired) electrons. The van der Waals surface area contributed by atoms with E-state index in [9.17, 15) is 9.59 Å². The van der Waals surface area contributed by atoms with Gasteiger partial charge in [0.25, 0.3) is 0 Å².